The van der Waals surface area contributed by atoms with Gasteiger partial charge >= 0.3 is 0 Å². The zero-order valence-corrected chi connectivity index (χ0v) is 10.6. The van der Waals surface area contributed by atoms with E-state index in [0.29, 0.717) is 5.41 Å². The third-order valence-electron chi connectivity index (χ3n) is 3.54. The van der Waals surface area contributed by atoms with Gasteiger partial charge in [-0.05, 0) is 23.0 Å². The third-order valence-corrected chi connectivity index (χ3v) is 3.54. The van der Waals surface area contributed by atoms with Gasteiger partial charge in [0.1, 0.15) is 0 Å². The maximum Gasteiger partial charge on any atom is 0.0340 e. The molecule has 1 aromatic carbocycles. The molecule has 0 aromatic heterocycles. The lowest BCUT2D eigenvalue weighted by Gasteiger charge is -2.39. The average Bonchev–Trinajstić information content (AvgIpc) is 2.15. The van der Waals surface area contributed by atoms with Gasteiger partial charge in [-0.3, -0.25) is 0 Å². The first-order chi connectivity index (χ1) is 6.83. The van der Waals surface area contributed by atoms with Gasteiger partial charge in [0.05, 0.1) is 0 Å². The first-order valence-corrected chi connectivity index (χ1v) is 5.62. The molecule has 0 radical (unpaired) electrons. The monoisotopic (exact) mass is 205 g/mol. The summed E-state index contributed by atoms with van der Waals surface area (Å²) in [6, 6.07) is 10.4. The number of para-hydroxylation sites is 1. The first-order valence-electron chi connectivity index (χ1n) is 5.62. The summed E-state index contributed by atoms with van der Waals surface area (Å²) >= 11 is 0. The van der Waals surface area contributed by atoms with Crippen molar-refractivity contribution in [3.63, 3.8) is 0 Å². The summed E-state index contributed by atoms with van der Waals surface area (Å²) in [6.07, 6.45) is 0. The van der Waals surface area contributed by atoms with Crippen molar-refractivity contribution in [3.05, 3.63) is 30.3 Å². The SMILES string of the molecule is CC(C)(C)C(C)(C)CNc1ccccc1. The van der Waals surface area contributed by atoms with Gasteiger partial charge in [0.2, 0.25) is 0 Å². The standard InChI is InChI=1S/C14H23N/c1-13(2,3)14(4,5)11-15-12-9-7-6-8-10-12/h6-10,15H,11H2,1-5H3. The summed E-state index contributed by atoms with van der Waals surface area (Å²) in [6.45, 7) is 12.5. The van der Waals surface area contributed by atoms with Crippen LogP contribution in [0.25, 0.3) is 0 Å². The molecule has 0 unspecified atom stereocenters. The predicted octanol–water partition coefficient (Wildman–Crippen LogP) is 4.17. The summed E-state index contributed by atoms with van der Waals surface area (Å²) < 4.78 is 0. The molecule has 0 aliphatic carbocycles. The molecule has 0 saturated carbocycles. The topological polar surface area (TPSA) is 12.0 Å². The number of anilines is 1. The van der Waals surface area contributed by atoms with E-state index in [4.69, 9.17) is 0 Å². The van der Waals surface area contributed by atoms with Crippen LogP contribution in [0.2, 0.25) is 0 Å². The van der Waals surface area contributed by atoms with Crippen molar-refractivity contribution >= 4 is 5.69 Å². The Balaban J connectivity index is 2.58. The van der Waals surface area contributed by atoms with E-state index in [1.54, 1.807) is 0 Å². The normalized spacial score (nSPS) is 12.6. The Hall–Kier alpha value is -0.980. The van der Waals surface area contributed by atoms with Crippen LogP contribution in [0.15, 0.2) is 30.3 Å². The van der Waals surface area contributed by atoms with Gasteiger partial charge in [-0.15, -0.1) is 0 Å². The minimum absolute atomic E-state index is 0.281. The minimum Gasteiger partial charge on any atom is -0.384 e. The van der Waals surface area contributed by atoms with Crippen LogP contribution >= 0.6 is 0 Å². The Kier molecular flexibility index (Phi) is 3.43. The minimum atomic E-state index is 0.281. The molecule has 1 aromatic rings. The van der Waals surface area contributed by atoms with Crippen molar-refractivity contribution in [3.8, 4) is 0 Å². The smallest absolute Gasteiger partial charge is 0.0340 e. The first kappa shape index (κ1) is 12.1. The molecule has 15 heavy (non-hydrogen) atoms. The fourth-order valence-electron chi connectivity index (χ4n) is 1.14. The Morgan fingerprint density at radius 2 is 1.47 bits per heavy atom. The summed E-state index contributed by atoms with van der Waals surface area (Å²) in [5.74, 6) is 0. The van der Waals surface area contributed by atoms with Crippen molar-refractivity contribution in [1.29, 1.82) is 0 Å². The summed E-state index contributed by atoms with van der Waals surface area (Å²) in [7, 11) is 0. The van der Waals surface area contributed by atoms with Crippen LogP contribution in [-0.4, -0.2) is 6.54 Å². The van der Waals surface area contributed by atoms with Gasteiger partial charge < -0.3 is 5.32 Å². The van der Waals surface area contributed by atoms with Gasteiger partial charge in [-0.25, -0.2) is 0 Å². The molecule has 0 bridgehead atoms. The van der Waals surface area contributed by atoms with Crippen molar-refractivity contribution < 1.29 is 0 Å². The molecule has 84 valence electrons. The number of hydrogen-bond donors (Lipinski definition) is 1. The Labute approximate surface area is 93.9 Å². The van der Waals surface area contributed by atoms with E-state index in [2.05, 4.69) is 64.2 Å². The van der Waals surface area contributed by atoms with Gasteiger partial charge in [0.15, 0.2) is 0 Å². The molecule has 0 spiro atoms. The van der Waals surface area contributed by atoms with Gasteiger partial charge in [-0.1, -0.05) is 52.8 Å². The van der Waals surface area contributed by atoms with E-state index in [1.165, 1.54) is 5.69 Å². The fourth-order valence-corrected chi connectivity index (χ4v) is 1.14. The Morgan fingerprint density at radius 1 is 0.933 bits per heavy atom. The van der Waals surface area contributed by atoms with Gasteiger partial charge in [0.25, 0.3) is 0 Å². The maximum atomic E-state index is 3.49. The zero-order chi connectivity index (χ0) is 11.5. The number of benzene rings is 1. The number of nitrogens with one attached hydrogen (secondary N) is 1. The Morgan fingerprint density at radius 3 is 1.93 bits per heavy atom. The lowest BCUT2D eigenvalue weighted by Crippen LogP contribution is -2.36. The maximum absolute atomic E-state index is 3.49. The highest BCUT2D eigenvalue weighted by Gasteiger charge is 2.32. The van der Waals surface area contributed by atoms with E-state index < -0.39 is 0 Å². The molecule has 0 aliphatic heterocycles. The van der Waals surface area contributed by atoms with E-state index in [0.717, 1.165) is 6.54 Å². The number of hydrogen-bond acceptors (Lipinski definition) is 1. The van der Waals surface area contributed by atoms with Crippen LogP contribution in [0.3, 0.4) is 0 Å². The summed E-state index contributed by atoms with van der Waals surface area (Å²) in [5, 5.41) is 3.49. The molecule has 1 N–H and O–H groups in total. The second kappa shape index (κ2) is 4.26. The quantitative estimate of drug-likeness (QED) is 0.781. The van der Waals surface area contributed by atoms with Crippen LogP contribution in [-0.2, 0) is 0 Å². The molecule has 0 heterocycles. The highest BCUT2D eigenvalue weighted by molar-refractivity contribution is 5.42. The molecule has 1 heteroatoms. The predicted molar refractivity (Wildman–Crippen MR) is 68.2 cm³/mol. The lowest BCUT2D eigenvalue weighted by molar-refractivity contribution is 0.148. The highest BCUT2D eigenvalue weighted by Crippen LogP contribution is 2.37. The van der Waals surface area contributed by atoms with E-state index in [1.807, 2.05) is 6.07 Å². The lowest BCUT2D eigenvalue weighted by atomic mass is 9.69. The van der Waals surface area contributed by atoms with Crippen molar-refractivity contribution in [1.82, 2.24) is 0 Å². The average molecular weight is 205 g/mol. The van der Waals surface area contributed by atoms with Crippen LogP contribution < -0.4 is 5.32 Å². The van der Waals surface area contributed by atoms with Crippen molar-refractivity contribution in [2.24, 2.45) is 10.8 Å². The molecular weight excluding hydrogens is 182 g/mol. The Bertz CT molecular complexity index is 293. The summed E-state index contributed by atoms with van der Waals surface area (Å²) in [4.78, 5) is 0. The zero-order valence-electron chi connectivity index (χ0n) is 10.6. The van der Waals surface area contributed by atoms with E-state index in [-0.39, 0.29) is 5.41 Å². The van der Waals surface area contributed by atoms with Crippen molar-refractivity contribution in [2.45, 2.75) is 34.6 Å². The largest absolute Gasteiger partial charge is 0.384 e. The molecule has 1 nitrogen and oxygen atoms in total. The van der Waals surface area contributed by atoms with Crippen molar-refractivity contribution in [2.75, 3.05) is 11.9 Å². The molecule has 0 saturated heterocycles. The van der Waals surface area contributed by atoms with Crippen LogP contribution in [0.4, 0.5) is 5.69 Å². The molecule has 0 atom stereocenters. The van der Waals surface area contributed by atoms with Gasteiger partial charge in [0, 0.05) is 12.2 Å². The van der Waals surface area contributed by atoms with Crippen LogP contribution in [0.1, 0.15) is 34.6 Å². The third kappa shape index (κ3) is 3.26. The molecule has 0 amide bonds. The molecular formula is C14H23N. The number of rotatable bonds is 3. The molecule has 0 fully saturated rings. The van der Waals surface area contributed by atoms with Gasteiger partial charge in [-0.2, -0.15) is 0 Å². The van der Waals surface area contributed by atoms with Crippen LogP contribution in [0.5, 0.6) is 0 Å². The van der Waals surface area contributed by atoms with E-state index in [9.17, 15) is 0 Å². The highest BCUT2D eigenvalue weighted by atomic mass is 14.9. The summed E-state index contributed by atoms with van der Waals surface area (Å²) in [5.41, 5.74) is 1.80. The second-order valence-electron chi connectivity index (χ2n) is 5.85. The molecule has 0 aliphatic rings. The van der Waals surface area contributed by atoms with E-state index >= 15 is 0 Å². The molecule has 1 rings (SSSR count). The van der Waals surface area contributed by atoms with Crippen LogP contribution in [0, 0.1) is 10.8 Å². The second-order valence-corrected chi connectivity index (χ2v) is 5.85. The fraction of sp³-hybridized carbons (Fsp3) is 0.571.